The predicted octanol–water partition coefficient (Wildman–Crippen LogP) is 5.38. The quantitative estimate of drug-likeness (QED) is 0.686. The molecule has 2 aromatic carbocycles. The summed E-state index contributed by atoms with van der Waals surface area (Å²) in [6.07, 6.45) is 0.389. The highest BCUT2D eigenvalue weighted by molar-refractivity contribution is 9.11. The highest BCUT2D eigenvalue weighted by Gasteiger charge is 2.15. The van der Waals surface area contributed by atoms with Crippen molar-refractivity contribution in [2.45, 2.75) is 19.4 Å². The molecule has 0 amide bonds. The van der Waals surface area contributed by atoms with Crippen molar-refractivity contribution in [2.24, 2.45) is 0 Å². The fourth-order valence-corrected chi connectivity index (χ4v) is 3.58. The van der Waals surface area contributed by atoms with E-state index in [-0.39, 0.29) is 11.9 Å². The van der Waals surface area contributed by atoms with Gasteiger partial charge in [-0.1, -0.05) is 38.8 Å². The van der Waals surface area contributed by atoms with Crippen LogP contribution in [0, 0.1) is 11.6 Å². The van der Waals surface area contributed by atoms with Gasteiger partial charge in [0.2, 0.25) is 0 Å². The molecule has 1 atom stereocenters. The van der Waals surface area contributed by atoms with Crippen molar-refractivity contribution in [1.82, 2.24) is 5.32 Å². The van der Waals surface area contributed by atoms with Gasteiger partial charge < -0.3 is 5.32 Å². The van der Waals surface area contributed by atoms with Gasteiger partial charge in [-0.15, -0.1) is 0 Å². The third kappa shape index (κ3) is 4.59. The number of benzene rings is 2. The Morgan fingerprint density at radius 2 is 1.71 bits per heavy atom. The molecule has 1 N–H and O–H groups in total. The van der Waals surface area contributed by atoms with E-state index < -0.39 is 5.82 Å². The number of hydrogen-bond acceptors (Lipinski definition) is 1. The molecule has 0 fully saturated rings. The van der Waals surface area contributed by atoms with Crippen molar-refractivity contribution in [1.29, 1.82) is 0 Å². The van der Waals surface area contributed by atoms with Gasteiger partial charge in [-0.25, -0.2) is 8.78 Å². The molecule has 0 bridgehead atoms. The number of likely N-dealkylation sites (N-methyl/N-ethyl adjacent to an activating group) is 1. The van der Waals surface area contributed by atoms with E-state index in [0.717, 1.165) is 27.1 Å². The van der Waals surface area contributed by atoms with E-state index in [9.17, 15) is 8.78 Å². The molecule has 0 spiro atoms. The Hall–Kier alpha value is -0.780. The van der Waals surface area contributed by atoms with Crippen LogP contribution in [0.3, 0.4) is 0 Å². The van der Waals surface area contributed by atoms with Crippen LogP contribution < -0.4 is 5.32 Å². The average Bonchev–Trinajstić information content (AvgIpc) is 2.41. The van der Waals surface area contributed by atoms with Crippen molar-refractivity contribution in [3.05, 3.63) is 68.1 Å². The van der Waals surface area contributed by atoms with Crippen LogP contribution in [0.5, 0.6) is 0 Å². The van der Waals surface area contributed by atoms with E-state index in [2.05, 4.69) is 37.2 Å². The van der Waals surface area contributed by atoms with Gasteiger partial charge in [0.15, 0.2) is 0 Å². The van der Waals surface area contributed by atoms with E-state index >= 15 is 0 Å². The van der Waals surface area contributed by atoms with Crippen LogP contribution in [0.1, 0.15) is 24.1 Å². The second-order valence-corrected chi connectivity index (χ2v) is 6.58. The van der Waals surface area contributed by atoms with Gasteiger partial charge in [-0.3, -0.25) is 0 Å². The molecule has 1 nitrogen and oxygen atoms in total. The van der Waals surface area contributed by atoms with Gasteiger partial charge in [0.25, 0.3) is 0 Å². The third-order valence-corrected chi connectivity index (χ3v) is 4.09. The van der Waals surface area contributed by atoms with Crippen LogP contribution in [0.15, 0.2) is 45.3 Å². The molecular formula is C16H15Br2F2N. The SMILES string of the molecule is CCNC(Cc1cc(F)ccc1F)c1cc(Br)cc(Br)c1. The summed E-state index contributed by atoms with van der Waals surface area (Å²) in [5.41, 5.74) is 1.39. The standard InChI is InChI=1S/C16H15Br2F2N/c1-2-21-16(11-5-12(17)9-13(18)6-11)8-10-7-14(19)3-4-15(10)20/h3-7,9,16,21H,2,8H2,1H3. The lowest BCUT2D eigenvalue weighted by Crippen LogP contribution is -2.23. The van der Waals surface area contributed by atoms with E-state index in [1.165, 1.54) is 12.1 Å². The molecule has 5 heteroatoms. The lowest BCUT2D eigenvalue weighted by atomic mass is 9.98. The summed E-state index contributed by atoms with van der Waals surface area (Å²) >= 11 is 6.90. The zero-order chi connectivity index (χ0) is 15.4. The highest BCUT2D eigenvalue weighted by atomic mass is 79.9. The Balaban J connectivity index is 2.32. The average molecular weight is 419 g/mol. The first kappa shape index (κ1) is 16.6. The minimum Gasteiger partial charge on any atom is -0.310 e. The number of hydrogen-bond donors (Lipinski definition) is 1. The van der Waals surface area contributed by atoms with Crippen LogP contribution in [0.25, 0.3) is 0 Å². The summed E-state index contributed by atoms with van der Waals surface area (Å²) in [5, 5.41) is 3.32. The fraction of sp³-hybridized carbons (Fsp3) is 0.250. The molecule has 0 aromatic heterocycles. The molecule has 2 aromatic rings. The Labute approximate surface area is 140 Å². The van der Waals surface area contributed by atoms with Crippen molar-refractivity contribution in [3.63, 3.8) is 0 Å². The molecular weight excluding hydrogens is 404 g/mol. The molecule has 21 heavy (non-hydrogen) atoms. The van der Waals surface area contributed by atoms with Gasteiger partial charge in [0.05, 0.1) is 0 Å². The smallest absolute Gasteiger partial charge is 0.126 e. The molecule has 2 rings (SSSR count). The largest absolute Gasteiger partial charge is 0.310 e. The van der Waals surface area contributed by atoms with E-state index in [4.69, 9.17) is 0 Å². The summed E-state index contributed by atoms with van der Waals surface area (Å²) in [6, 6.07) is 9.38. The first-order chi connectivity index (χ1) is 9.99. The van der Waals surface area contributed by atoms with Gasteiger partial charge in [-0.05, 0) is 60.5 Å². The molecule has 0 saturated carbocycles. The second kappa shape index (κ2) is 7.47. The fourth-order valence-electron chi connectivity index (χ4n) is 2.25. The highest BCUT2D eigenvalue weighted by Crippen LogP contribution is 2.27. The van der Waals surface area contributed by atoms with Crippen molar-refractivity contribution >= 4 is 31.9 Å². The van der Waals surface area contributed by atoms with Crippen molar-refractivity contribution < 1.29 is 8.78 Å². The Kier molecular flexibility index (Phi) is 5.90. The lowest BCUT2D eigenvalue weighted by molar-refractivity contribution is 0.521. The molecule has 0 aliphatic heterocycles. The first-order valence-corrected chi connectivity index (χ1v) is 8.21. The Bertz CT molecular complexity index is 611. The zero-order valence-electron chi connectivity index (χ0n) is 11.5. The van der Waals surface area contributed by atoms with Crippen LogP contribution >= 0.6 is 31.9 Å². The van der Waals surface area contributed by atoms with Crippen LogP contribution in [0.2, 0.25) is 0 Å². The molecule has 1 unspecified atom stereocenters. The van der Waals surface area contributed by atoms with Crippen LogP contribution in [0.4, 0.5) is 8.78 Å². The van der Waals surface area contributed by atoms with Gasteiger partial charge in [0, 0.05) is 15.0 Å². The maximum atomic E-state index is 13.8. The Morgan fingerprint density at radius 3 is 2.33 bits per heavy atom. The summed E-state index contributed by atoms with van der Waals surface area (Å²) in [7, 11) is 0. The maximum Gasteiger partial charge on any atom is 0.126 e. The number of rotatable bonds is 5. The topological polar surface area (TPSA) is 12.0 Å². The second-order valence-electron chi connectivity index (χ2n) is 4.75. The summed E-state index contributed by atoms with van der Waals surface area (Å²) in [6.45, 7) is 2.73. The van der Waals surface area contributed by atoms with Gasteiger partial charge >= 0.3 is 0 Å². The predicted molar refractivity (Wildman–Crippen MR) is 88.3 cm³/mol. The van der Waals surface area contributed by atoms with Crippen molar-refractivity contribution in [2.75, 3.05) is 6.54 Å². The van der Waals surface area contributed by atoms with Crippen molar-refractivity contribution in [3.8, 4) is 0 Å². The molecule has 0 saturated heterocycles. The monoisotopic (exact) mass is 417 g/mol. The summed E-state index contributed by atoms with van der Waals surface area (Å²) in [4.78, 5) is 0. The van der Waals surface area contributed by atoms with Crippen LogP contribution in [-0.2, 0) is 6.42 Å². The molecule has 0 heterocycles. The summed E-state index contributed by atoms with van der Waals surface area (Å²) in [5.74, 6) is -0.801. The maximum absolute atomic E-state index is 13.8. The normalized spacial score (nSPS) is 12.4. The number of nitrogens with one attached hydrogen (secondary N) is 1. The first-order valence-electron chi connectivity index (χ1n) is 6.63. The summed E-state index contributed by atoms with van der Waals surface area (Å²) < 4.78 is 29.0. The van der Waals surface area contributed by atoms with E-state index in [1.54, 1.807) is 0 Å². The third-order valence-electron chi connectivity index (χ3n) is 3.17. The molecule has 0 aliphatic carbocycles. The Morgan fingerprint density at radius 1 is 1.05 bits per heavy atom. The molecule has 0 aliphatic rings. The van der Waals surface area contributed by atoms with E-state index in [0.29, 0.717) is 12.0 Å². The van der Waals surface area contributed by atoms with Gasteiger partial charge in [0.1, 0.15) is 11.6 Å². The molecule has 0 radical (unpaired) electrons. The zero-order valence-corrected chi connectivity index (χ0v) is 14.6. The van der Waals surface area contributed by atoms with Gasteiger partial charge in [-0.2, -0.15) is 0 Å². The minimum absolute atomic E-state index is 0.0832. The van der Waals surface area contributed by atoms with Crippen LogP contribution in [-0.4, -0.2) is 6.54 Å². The molecule has 112 valence electrons. The number of halogens is 4. The van der Waals surface area contributed by atoms with E-state index in [1.807, 2.05) is 25.1 Å². The lowest BCUT2D eigenvalue weighted by Gasteiger charge is -2.19. The minimum atomic E-state index is -0.419.